The van der Waals surface area contributed by atoms with Crippen molar-refractivity contribution in [1.29, 1.82) is 0 Å². The standard InChI is InChI=1S/C15H21ClN4O4/c16-12-11(7-17-19-13(12)22)20-6-3-10(8-20)24-14(23)18-15(9-21)4-1-2-5-15/h7,10,21H,1-6,8-9H2,(H,18,23)(H,19,22)/t10-/m1/s1. The van der Waals surface area contributed by atoms with Crippen molar-refractivity contribution in [3.8, 4) is 0 Å². The SMILES string of the molecule is O=C(NC1(CO)CCCC1)O[C@@H]1CCN(c2cn[nH]c(=O)c2Cl)C1. The van der Waals surface area contributed by atoms with Gasteiger partial charge in [0.25, 0.3) is 5.56 Å². The highest BCUT2D eigenvalue weighted by atomic mass is 35.5. The summed E-state index contributed by atoms with van der Waals surface area (Å²) in [6, 6.07) is 0. The van der Waals surface area contributed by atoms with Crippen molar-refractivity contribution in [3.05, 3.63) is 21.6 Å². The van der Waals surface area contributed by atoms with E-state index in [2.05, 4.69) is 15.5 Å². The van der Waals surface area contributed by atoms with Gasteiger partial charge < -0.3 is 20.1 Å². The molecule has 0 unspecified atom stereocenters. The minimum absolute atomic E-state index is 0.0764. The Morgan fingerprint density at radius 3 is 3.00 bits per heavy atom. The number of aliphatic hydroxyl groups excluding tert-OH is 1. The molecule has 2 fully saturated rings. The normalized spacial score (nSPS) is 22.6. The molecule has 1 aliphatic carbocycles. The van der Waals surface area contributed by atoms with Gasteiger partial charge in [-0.2, -0.15) is 5.10 Å². The molecule has 3 N–H and O–H groups in total. The Bertz CT molecular complexity index is 659. The van der Waals surface area contributed by atoms with Crippen molar-refractivity contribution < 1.29 is 14.6 Å². The number of carbonyl (C=O) groups is 1. The molecule has 2 aliphatic rings. The van der Waals surface area contributed by atoms with Crippen LogP contribution in [0, 0.1) is 0 Å². The Hall–Kier alpha value is -1.80. The molecule has 3 rings (SSSR count). The molecule has 132 valence electrons. The second-order valence-electron chi connectivity index (χ2n) is 6.43. The van der Waals surface area contributed by atoms with Crippen LogP contribution in [0.4, 0.5) is 10.5 Å². The summed E-state index contributed by atoms with van der Waals surface area (Å²) in [6.07, 6.45) is 4.85. The van der Waals surface area contributed by atoms with Crippen molar-refractivity contribution in [2.75, 3.05) is 24.6 Å². The van der Waals surface area contributed by atoms with E-state index in [0.29, 0.717) is 25.2 Å². The number of aliphatic hydroxyl groups is 1. The maximum Gasteiger partial charge on any atom is 0.407 e. The van der Waals surface area contributed by atoms with Crippen LogP contribution < -0.4 is 15.8 Å². The van der Waals surface area contributed by atoms with E-state index in [4.69, 9.17) is 16.3 Å². The number of hydrogen-bond donors (Lipinski definition) is 3. The number of rotatable bonds is 4. The summed E-state index contributed by atoms with van der Waals surface area (Å²) in [5.74, 6) is 0. The van der Waals surface area contributed by atoms with E-state index in [0.717, 1.165) is 25.7 Å². The van der Waals surface area contributed by atoms with Gasteiger partial charge in [0.15, 0.2) is 0 Å². The van der Waals surface area contributed by atoms with Crippen LogP contribution in [0.2, 0.25) is 5.02 Å². The van der Waals surface area contributed by atoms with Gasteiger partial charge >= 0.3 is 6.09 Å². The number of nitrogens with one attached hydrogen (secondary N) is 2. The third kappa shape index (κ3) is 3.49. The van der Waals surface area contributed by atoms with Gasteiger partial charge in [-0.3, -0.25) is 4.79 Å². The fourth-order valence-corrected chi connectivity index (χ4v) is 3.62. The molecule has 9 heteroatoms. The van der Waals surface area contributed by atoms with Gasteiger partial charge in [0.2, 0.25) is 0 Å². The maximum atomic E-state index is 12.1. The summed E-state index contributed by atoms with van der Waals surface area (Å²) in [7, 11) is 0. The Labute approximate surface area is 144 Å². The largest absolute Gasteiger partial charge is 0.444 e. The molecule has 0 bridgehead atoms. The topological polar surface area (TPSA) is 108 Å². The number of aromatic nitrogens is 2. The van der Waals surface area contributed by atoms with E-state index in [-0.39, 0.29) is 17.7 Å². The van der Waals surface area contributed by atoms with Gasteiger partial charge in [-0.25, -0.2) is 9.89 Å². The van der Waals surface area contributed by atoms with Gasteiger partial charge in [0, 0.05) is 13.0 Å². The fourth-order valence-electron chi connectivity index (χ4n) is 3.41. The molecular weight excluding hydrogens is 336 g/mol. The molecule has 1 aromatic heterocycles. The van der Waals surface area contributed by atoms with E-state index in [1.165, 1.54) is 6.20 Å². The van der Waals surface area contributed by atoms with Gasteiger partial charge in [-0.05, 0) is 12.8 Å². The molecule has 0 aromatic carbocycles. The Morgan fingerprint density at radius 2 is 2.29 bits per heavy atom. The number of amides is 1. The number of H-pyrrole nitrogens is 1. The van der Waals surface area contributed by atoms with Crippen molar-refractivity contribution in [1.82, 2.24) is 15.5 Å². The first kappa shape index (κ1) is 17.0. The van der Waals surface area contributed by atoms with Gasteiger partial charge in [0.1, 0.15) is 11.1 Å². The third-order valence-electron chi connectivity index (χ3n) is 4.77. The fraction of sp³-hybridized carbons (Fsp3) is 0.667. The zero-order valence-corrected chi connectivity index (χ0v) is 14.0. The van der Waals surface area contributed by atoms with Crippen LogP contribution in [0.5, 0.6) is 0 Å². The molecular formula is C15H21ClN4O4. The van der Waals surface area contributed by atoms with E-state index < -0.39 is 17.2 Å². The van der Waals surface area contributed by atoms with Crippen LogP contribution in [0.15, 0.2) is 11.0 Å². The first-order chi connectivity index (χ1) is 11.5. The third-order valence-corrected chi connectivity index (χ3v) is 5.13. The van der Waals surface area contributed by atoms with Crippen LogP contribution in [-0.4, -0.2) is 52.7 Å². The maximum absolute atomic E-state index is 12.1. The summed E-state index contributed by atoms with van der Waals surface area (Å²) >= 11 is 6.00. The first-order valence-electron chi connectivity index (χ1n) is 8.11. The van der Waals surface area contributed by atoms with Crippen molar-refractivity contribution in [2.24, 2.45) is 0 Å². The second kappa shape index (κ2) is 6.98. The molecule has 1 amide bonds. The molecule has 1 aliphatic heterocycles. The van der Waals surface area contributed by atoms with E-state index in [9.17, 15) is 14.7 Å². The summed E-state index contributed by atoms with van der Waals surface area (Å²) in [6.45, 7) is 0.991. The average molecular weight is 357 g/mol. The lowest BCUT2D eigenvalue weighted by molar-refractivity contribution is 0.0856. The molecule has 8 nitrogen and oxygen atoms in total. The van der Waals surface area contributed by atoms with Crippen LogP contribution in [0.25, 0.3) is 0 Å². The van der Waals surface area contributed by atoms with Crippen molar-refractivity contribution in [2.45, 2.75) is 43.7 Å². The Balaban J connectivity index is 1.57. The molecule has 1 saturated heterocycles. The minimum Gasteiger partial charge on any atom is -0.444 e. The predicted octanol–water partition coefficient (Wildman–Crippen LogP) is 1.03. The summed E-state index contributed by atoms with van der Waals surface area (Å²) in [4.78, 5) is 25.5. The van der Waals surface area contributed by atoms with Crippen LogP contribution in [-0.2, 0) is 4.74 Å². The van der Waals surface area contributed by atoms with E-state index >= 15 is 0 Å². The quantitative estimate of drug-likeness (QED) is 0.743. The molecule has 1 atom stereocenters. The summed E-state index contributed by atoms with van der Waals surface area (Å²) < 4.78 is 5.47. The predicted molar refractivity (Wildman–Crippen MR) is 88.4 cm³/mol. The lowest BCUT2D eigenvalue weighted by Crippen LogP contribution is -2.50. The number of alkyl carbamates (subject to hydrolysis) is 1. The van der Waals surface area contributed by atoms with Crippen molar-refractivity contribution in [3.63, 3.8) is 0 Å². The number of ether oxygens (including phenoxy) is 1. The highest BCUT2D eigenvalue weighted by molar-refractivity contribution is 6.33. The number of anilines is 1. The zero-order valence-electron chi connectivity index (χ0n) is 13.3. The highest BCUT2D eigenvalue weighted by Crippen LogP contribution is 2.30. The van der Waals surface area contributed by atoms with E-state index in [1.54, 1.807) is 0 Å². The van der Waals surface area contributed by atoms with Crippen LogP contribution in [0.3, 0.4) is 0 Å². The smallest absolute Gasteiger partial charge is 0.407 e. The molecule has 1 saturated carbocycles. The Morgan fingerprint density at radius 1 is 1.54 bits per heavy atom. The number of carbonyl (C=O) groups excluding carboxylic acids is 1. The minimum atomic E-state index is -0.546. The molecule has 2 heterocycles. The molecule has 1 aromatic rings. The first-order valence-corrected chi connectivity index (χ1v) is 8.48. The van der Waals surface area contributed by atoms with Crippen LogP contribution >= 0.6 is 11.6 Å². The Kier molecular flexibility index (Phi) is 4.96. The molecule has 24 heavy (non-hydrogen) atoms. The van der Waals surface area contributed by atoms with E-state index in [1.807, 2.05) is 4.90 Å². The average Bonchev–Trinajstić information content (AvgIpc) is 3.20. The van der Waals surface area contributed by atoms with Gasteiger partial charge in [-0.1, -0.05) is 24.4 Å². The molecule has 0 spiro atoms. The monoisotopic (exact) mass is 356 g/mol. The van der Waals surface area contributed by atoms with Crippen LogP contribution in [0.1, 0.15) is 32.1 Å². The number of hydrogen-bond acceptors (Lipinski definition) is 6. The highest BCUT2D eigenvalue weighted by Gasteiger charge is 2.36. The molecule has 0 radical (unpaired) electrons. The summed E-state index contributed by atoms with van der Waals surface area (Å²) in [5, 5.41) is 18.5. The summed E-state index contributed by atoms with van der Waals surface area (Å²) in [5.41, 5.74) is -0.452. The lowest BCUT2D eigenvalue weighted by atomic mass is 9.99. The zero-order chi connectivity index (χ0) is 17.2. The number of halogens is 1. The second-order valence-corrected chi connectivity index (χ2v) is 6.81. The lowest BCUT2D eigenvalue weighted by Gasteiger charge is -2.28. The van der Waals surface area contributed by atoms with Gasteiger partial charge in [-0.15, -0.1) is 0 Å². The van der Waals surface area contributed by atoms with Gasteiger partial charge in [0.05, 0.1) is 30.6 Å². The van der Waals surface area contributed by atoms with Crippen molar-refractivity contribution >= 4 is 23.4 Å². The number of nitrogens with zero attached hydrogens (tertiary/aromatic N) is 2. The number of aromatic amines is 1.